The van der Waals surface area contributed by atoms with Crippen LogP contribution in [0.2, 0.25) is 15.1 Å². The quantitative estimate of drug-likeness (QED) is 0.501. The fourth-order valence-corrected chi connectivity index (χ4v) is 3.41. The standard InChI is InChI=1S/C20H16Cl3N3O5/c21-13-6-4-11(5-7-13)19(29)25-24-16(27)10-31-20(30)12-8-17(28)26(9-12)15-3-1-2-14(22)18(15)23/h1-7,12H,8-10H2,(H,24,27)(H,25,29)/t12-/m1/s1. The number of benzene rings is 2. The van der Waals surface area contributed by atoms with Crippen LogP contribution in [0, 0.1) is 5.92 Å². The SMILES string of the molecule is O=C(COC(=O)[C@@H]1CC(=O)N(c2cccc(Cl)c2Cl)C1)NNC(=O)c1ccc(Cl)cc1. The molecule has 1 fully saturated rings. The van der Waals surface area contributed by atoms with Crippen molar-refractivity contribution in [3.05, 3.63) is 63.1 Å². The van der Waals surface area contributed by atoms with Crippen LogP contribution in [0.15, 0.2) is 42.5 Å². The van der Waals surface area contributed by atoms with Crippen molar-refractivity contribution in [3.8, 4) is 0 Å². The summed E-state index contributed by atoms with van der Waals surface area (Å²) in [6.45, 7) is -0.574. The minimum atomic E-state index is -0.765. The van der Waals surface area contributed by atoms with E-state index in [1.54, 1.807) is 18.2 Å². The van der Waals surface area contributed by atoms with E-state index >= 15 is 0 Å². The van der Waals surface area contributed by atoms with E-state index in [1.165, 1.54) is 29.2 Å². The van der Waals surface area contributed by atoms with Crippen LogP contribution in [0.1, 0.15) is 16.8 Å². The van der Waals surface area contributed by atoms with Gasteiger partial charge in [0.15, 0.2) is 6.61 Å². The van der Waals surface area contributed by atoms with Crippen molar-refractivity contribution in [2.45, 2.75) is 6.42 Å². The molecule has 2 aromatic carbocycles. The Kier molecular flexibility index (Phi) is 7.37. The number of esters is 1. The van der Waals surface area contributed by atoms with E-state index in [4.69, 9.17) is 39.5 Å². The highest BCUT2D eigenvalue weighted by Crippen LogP contribution is 2.35. The molecule has 0 spiro atoms. The fourth-order valence-electron chi connectivity index (χ4n) is 2.89. The normalized spacial score (nSPS) is 15.5. The van der Waals surface area contributed by atoms with Gasteiger partial charge >= 0.3 is 5.97 Å². The van der Waals surface area contributed by atoms with Crippen LogP contribution >= 0.6 is 34.8 Å². The molecule has 1 heterocycles. The topological polar surface area (TPSA) is 105 Å². The van der Waals surface area contributed by atoms with Crippen molar-refractivity contribution in [2.75, 3.05) is 18.1 Å². The van der Waals surface area contributed by atoms with Gasteiger partial charge in [-0.05, 0) is 36.4 Å². The van der Waals surface area contributed by atoms with Gasteiger partial charge < -0.3 is 9.64 Å². The molecular formula is C20H16Cl3N3O5. The van der Waals surface area contributed by atoms with Crippen molar-refractivity contribution in [3.63, 3.8) is 0 Å². The lowest BCUT2D eigenvalue weighted by molar-refractivity contribution is -0.152. The first-order chi connectivity index (χ1) is 14.8. The third-order valence-electron chi connectivity index (χ3n) is 4.45. The van der Waals surface area contributed by atoms with Crippen LogP contribution in [-0.2, 0) is 19.1 Å². The molecule has 1 aliphatic rings. The predicted molar refractivity (Wildman–Crippen MR) is 115 cm³/mol. The molecule has 0 aromatic heterocycles. The maximum Gasteiger partial charge on any atom is 0.311 e. The summed E-state index contributed by atoms with van der Waals surface area (Å²) >= 11 is 17.9. The average molecular weight is 485 g/mol. The summed E-state index contributed by atoms with van der Waals surface area (Å²) in [6, 6.07) is 10.9. The maximum absolute atomic E-state index is 12.3. The molecule has 0 radical (unpaired) electrons. The number of carbonyl (C=O) groups excluding carboxylic acids is 4. The highest BCUT2D eigenvalue weighted by atomic mass is 35.5. The van der Waals surface area contributed by atoms with Crippen molar-refractivity contribution in [1.29, 1.82) is 0 Å². The Balaban J connectivity index is 1.47. The molecule has 31 heavy (non-hydrogen) atoms. The second kappa shape index (κ2) is 10.00. The molecule has 1 atom stereocenters. The first-order valence-corrected chi connectivity index (χ1v) is 10.2. The van der Waals surface area contributed by atoms with E-state index in [2.05, 4.69) is 10.9 Å². The number of hydrogen-bond donors (Lipinski definition) is 2. The number of amides is 3. The van der Waals surface area contributed by atoms with Crippen LogP contribution in [0.25, 0.3) is 0 Å². The molecule has 1 saturated heterocycles. The van der Waals surface area contributed by atoms with Gasteiger partial charge in [-0.15, -0.1) is 0 Å². The number of nitrogens with zero attached hydrogens (tertiary/aromatic N) is 1. The van der Waals surface area contributed by atoms with Gasteiger partial charge in [-0.25, -0.2) is 0 Å². The van der Waals surface area contributed by atoms with Gasteiger partial charge in [0.1, 0.15) is 0 Å². The maximum atomic E-state index is 12.3. The van der Waals surface area contributed by atoms with Crippen molar-refractivity contribution in [1.82, 2.24) is 10.9 Å². The molecule has 0 aliphatic carbocycles. The van der Waals surface area contributed by atoms with E-state index in [9.17, 15) is 19.2 Å². The fraction of sp³-hybridized carbons (Fsp3) is 0.200. The lowest BCUT2D eigenvalue weighted by atomic mass is 10.1. The molecule has 0 saturated carbocycles. The zero-order chi connectivity index (χ0) is 22.5. The number of hydrazine groups is 1. The monoisotopic (exact) mass is 483 g/mol. The molecule has 1 aliphatic heterocycles. The highest BCUT2D eigenvalue weighted by Gasteiger charge is 2.37. The van der Waals surface area contributed by atoms with Gasteiger partial charge in [0, 0.05) is 23.6 Å². The Morgan fingerprint density at radius 1 is 1.03 bits per heavy atom. The number of hydrogen-bond acceptors (Lipinski definition) is 5. The van der Waals surface area contributed by atoms with E-state index in [0.717, 1.165) is 0 Å². The minimum Gasteiger partial charge on any atom is -0.455 e. The van der Waals surface area contributed by atoms with Crippen LogP contribution in [0.5, 0.6) is 0 Å². The summed E-state index contributed by atoms with van der Waals surface area (Å²) in [5.74, 6) is -3.10. The van der Waals surface area contributed by atoms with Gasteiger partial charge in [-0.2, -0.15) is 0 Å². The molecule has 8 nitrogen and oxygen atoms in total. The molecule has 2 aromatic rings. The molecule has 2 N–H and O–H groups in total. The van der Waals surface area contributed by atoms with Gasteiger partial charge in [-0.3, -0.25) is 30.0 Å². The molecule has 3 rings (SSSR count). The third-order valence-corrected chi connectivity index (χ3v) is 5.51. The number of nitrogens with one attached hydrogen (secondary N) is 2. The summed E-state index contributed by atoms with van der Waals surface area (Å²) in [6.07, 6.45) is -0.0867. The molecule has 162 valence electrons. The Bertz CT molecular complexity index is 1030. The van der Waals surface area contributed by atoms with Gasteiger partial charge in [0.05, 0.1) is 21.7 Å². The summed E-state index contributed by atoms with van der Waals surface area (Å²) in [7, 11) is 0. The van der Waals surface area contributed by atoms with Crippen LogP contribution in [0.4, 0.5) is 5.69 Å². The van der Waals surface area contributed by atoms with E-state index in [1.807, 2.05) is 0 Å². The largest absolute Gasteiger partial charge is 0.455 e. The van der Waals surface area contributed by atoms with Gasteiger partial charge in [-0.1, -0.05) is 40.9 Å². The summed E-state index contributed by atoms with van der Waals surface area (Å²) in [5, 5.41) is 0.965. The lowest BCUT2D eigenvalue weighted by Crippen LogP contribution is -2.43. The molecule has 0 unspecified atom stereocenters. The molecule has 11 heteroatoms. The lowest BCUT2D eigenvalue weighted by Gasteiger charge is -2.18. The number of ether oxygens (including phenoxy) is 1. The molecule has 0 bridgehead atoms. The third kappa shape index (κ3) is 5.66. The highest BCUT2D eigenvalue weighted by molar-refractivity contribution is 6.44. The Hall–Kier alpha value is -2.81. The second-order valence-electron chi connectivity index (χ2n) is 6.60. The Labute approximate surface area is 192 Å². The summed E-state index contributed by atoms with van der Waals surface area (Å²) < 4.78 is 4.97. The Morgan fingerprint density at radius 3 is 2.45 bits per heavy atom. The van der Waals surface area contributed by atoms with Crippen molar-refractivity contribution in [2.24, 2.45) is 5.92 Å². The zero-order valence-corrected chi connectivity index (χ0v) is 18.1. The van der Waals surface area contributed by atoms with Crippen LogP contribution < -0.4 is 15.8 Å². The van der Waals surface area contributed by atoms with Crippen molar-refractivity contribution >= 4 is 64.2 Å². The number of anilines is 1. The summed E-state index contributed by atoms with van der Waals surface area (Å²) in [5.41, 5.74) is 5.02. The molecular weight excluding hydrogens is 469 g/mol. The number of carbonyl (C=O) groups is 4. The molecule has 3 amide bonds. The van der Waals surface area contributed by atoms with Gasteiger partial charge in [0.2, 0.25) is 5.91 Å². The Morgan fingerprint density at radius 2 is 1.74 bits per heavy atom. The van der Waals surface area contributed by atoms with E-state index < -0.39 is 30.3 Å². The zero-order valence-electron chi connectivity index (χ0n) is 15.9. The first-order valence-electron chi connectivity index (χ1n) is 9.02. The second-order valence-corrected chi connectivity index (χ2v) is 7.82. The number of rotatable bonds is 5. The van der Waals surface area contributed by atoms with Crippen molar-refractivity contribution < 1.29 is 23.9 Å². The predicted octanol–water partition coefficient (Wildman–Crippen LogP) is 3.00. The summed E-state index contributed by atoms with van der Waals surface area (Å²) in [4.78, 5) is 49.7. The smallest absolute Gasteiger partial charge is 0.311 e. The van der Waals surface area contributed by atoms with Crippen LogP contribution in [-0.4, -0.2) is 36.8 Å². The minimum absolute atomic E-state index is 0.0483. The van der Waals surface area contributed by atoms with E-state index in [-0.39, 0.29) is 34.5 Å². The number of halogens is 3. The first kappa shape index (κ1) is 22.9. The van der Waals surface area contributed by atoms with E-state index in [0.29, 0.717) is 10.7 Å². The average Bonchev–Trinajstić information content (AvgIpc) is 3.14. The van der Waals surface area contributed by atoms with Gasteiger partial charge in [0.25, 0.3) is 11.8 Å². The van der Waals surface area contributed by atoms with Crippen LogP contribution in [0.3, 0.4) is 0 Å².